The second kappa shape index (κ2) is 7.97. The quantitative estimate of drug-likeness (QED) is 0.592. The van der Waals surface area contributed by atoms with Crippen LogP contribution in [-0.4, -0.2) is 26.8 Å². The second-order valence-corrected chi connectivity index (χ2v) is 9.96. The average Bonchev–Trinajstić information content (AvgIpc) is 2.61. The van der Waals surface area contributed by atoms with Gasteiger partial charge in [0.15, 0.2) is 0 Å². The first-order valence-electron chi connectivity index (χ1n) is 8.29. The summed E-state index contributed by atoms with van der Waals surface area (Å²) in [7, 11) is -7.76. The smallest absolute Gasteiger partial charge is 0.264 e. The minimum atomic E-state index is -3.93. The summed E-state index contributed by atoms with van der Waals surface area (Å²) in [6, 6.07) is 12.7. The Balaban J connectivity index is 1.79. The van der Waals surface area contributed by atoms with Crippen LogP contribution in [-0.2, 0) is 20.0 Å². The molecule has 2 aromatic carbocycles. The van der Waals surface area contributed by atoms with E-state index < -0.39 is 20.0 Å². The number of aryl methyl sites for hydroxylation is 2. The molecular formula is C18H17ClN4O4S2. The summed E-state index contributed by atoms with van der Waals surface area (Å²) in [5, 5.41) is 0.416. The zero-order valence-electron chi connectivity index (χ0n) is 15.4. The summed E-state index contributed by atoms with van der Waals surface area (Å²) in [6.07, 6.45) is 0. The summed E-state index contributed by atoms with van der Waals surface area (Å²) in [5.41, 5.74) is 1.46. The molecule has 29 heavy (non-hydrogen) atoms. The normalized spacial score (nSPS) is 11.8. The summed E-state index contributed by atoms with van der Waals surface area (Å²) in [6.45, 7) is 3.46. The van der Waals surface area contributed by atoms with E-state index in [4.69, 9.17) is 11.6 Å². The van der Waals surface area contributed by atoms with E-state index in [2.05, 4.69) is 19.4 Å². The molecular weight excluding hydrogens is 436 g/mol. The van der Waals surface area contributed by atoms with Gasteiger partial charge in [-0.3, -0.25) is 4.72 Å². The SMILES string of the molecule is Cc1cc(C)nc(NS(=O)(=O)c2ccc(NS(=O)(=O)c3ccc(Cl)cc3)cc2)n1. The van der Waals surface area contributed by atoms with Crippen molar-refractivity contribution in [2.75, 3.05) is 9.44 Å². The Kier molecular flexibility index (Phi) is 5.78. The van der Waals surface area contributed by atoms with Crippen LogP contribution in [0.2, 0.25) is 5.02 Å². The molecule has 0 amide bonds. The lowest BCUT2D eigenvalue weighted by Crippen LogP contribution is -2.16. The highest BCUT2D eigenvalue weighted by atomic mass is 35.5. The Morgan fingerprint density at radius 3 is 1.69 bits per heavy atom. The van der Waals surface area contributed by atoms with Gasteiger partial charge in [-0.2, -0.15) is 0 Å². The molecule has 0 saturated heterocycles. The Morgan fingerprint density at radius 2 is 1.17 bits per heavy atom. The van der Waals surface area contributed by atoms with Crippen molar-refractivity contribution in [1.29, 1.82) is 0 Å². The van der Waals surface area contributed by atoms with Crippen molar-refractivity contribution < 1.29 is 16.8 Å². The lowest BCUT2D eigenvalue weighted by Gasteiger charge is -2.10. The highest BCUT2D eigenvalue weighted by Gasteiger charge is 2.18. The Bertz CT molecular complexity index is 1220. The Hall–Kier alpha value is -2.69. The first kappa shape index (κ1) is 21.0. The number of aromatic nitrogens is 2. The molecule has 0 radical (unpaired) electrons. The third kappa shape index (κ3) is 5.22. The van der Waals surface area contributed by atoms with Gasteiger partial charge in [-0.25, -0.2) is 31.5 Å². The van der Waals surface area contributed by atoms with Crippen LogP contribution in [0.25, 0.3) is 0 Å². The molecule has 11 heteroatoms. The molecule has 0 spiro atoms. The van der Waals surface area contributed by atoms with Gasteiger partial charge in [0, 0.05) is 22.1 Å². The lowest BCUT2D eigenvalue weighted by molar-refractivity contribution is 0.599. The molecule has 1 heterocycles. The number of anilines is 2. The maximum Gasteiger partial charge on any atom is 0.264 e. The largest absolute Gasteiger partial charge is 0.280 e. The lowest BCUT2D eigenvalue weighted by atomic mass is 10.3. The van der Waals surface area contributed by atoms with Crippen LogP contribution in [0.1, 0.15) is 11.4 Å². The predicted molar refractivity (Wildman–Crippen MR) is 111 cm³/mol. The fraction of sp³-hybridized carbons (Fsp3) is 0.111. The Labute approximate surface area is 174 Å². The third-order valence-corrected chi connectivity index (χ3v) is 6.74. The van der Waals surface area contributed by atoms with E-state index in [1.807, 2.05) is 0 Å². The van der Waals surface area contributed by atoms with Crippen molar-refractivity contribution in [3.8, 4) is 0 Å². The van der Waals surface area contributed by atoms with Gasteiger partial charge in [-0.1, -0.05) is 11.6 Å². The van der Waals surface area contributed by atoms with E-state index in [0.29, 0.717) is 16.4 Å². The number of sulfonamides is 2. The molecule has 3 rings (SSSR count). The summed E-state index contributed by atoms with van der Waals surface area (Å²) in [5.74, 6) is -0.0324. The predicted octanol–water partition coefficient (Wildman–Crippen LogP) is 3.35. The number of nitrogens with zero attached hydrogens (tertiary/aromatic N) is 2. The molecule has 8 nitrogen and oxygen atoms in total. The van der Waals surface area contributed by atoms with Gasteiger partial charge < -0.3 is 0 Å². The van der Waals surface area contributed by atoms with Gasteiger partial charge >= 0.3 is 0 Å². The number of hydrogen-bond acceptors (Lipinski definition) is 6. The summed E-state index contributed by atoms with van der Waals surface area (Å²) in [4.78, 5) is 8.07. The molecule has 0 fully saturated rings. The van der Waals surface area contributed by atoms with Gasteiger partial charge in [-0.05, 0) is 68.4 Å². The fourth-order valence-corrected chi connectivity index (χ4v) is 4.61. The van der Waals surface area contributed by atoms with Gasteiger partial charge in [0.05, 0.1) is 9.79 Å². The van der Waals surface area contributed by atoms with Gasteiger partial charge in [0.25, 0.3) is 20.0 Å². The molecule has 3 aromatic rings. The Morgan fingerprint density at radius 1 is 0.724 bits per heavy atom. The van der Waals surface area contributed by atoms with Crippen molar-refractivity contribution >= 4 is 43.3 Å². The van der Waals surface area contributed by atoms with E-state index in [9.17, 15) is 16.8 Å². The van der Waals surface area contributed by atoms with Gasteiger partial charge in [0.2, 0.25) is 5.95 Å². The van der Waals surface area contributed by atoms with Crippen molar-refractivity contribution in [3.05, 3.63) is 71.0 Å². The minimum absolute atomic E-state index is 0.0324. The maximum absolute atomic E-state index is 12.5. The van der Waals surface area contributed by atoms with E-state index in [1.54, 1.807) is 19.9 Å². The standard InChI is InChI=1S/C18H17ClN4O4S2/c1-12-11-13(2)21-18(20-12)23-29(26,27)17-9-5-15(6-10-17)22-28(24,25)16-7-3-14(19)4-8-16/h3-11,22H,1-2H3,(H,20,21,23). The van der Waals surface area contributed by atoms with Crippen LogP contribution in [0.5, 0.6) is 0 Å². The van der Waals surface area contributed by atoms with E-state index in [1.165, 1.54) is 48.5 Å². The van der Waals surface area contributed by atoms with Crippen molar-refractivity contribution in [3.63, 3.8) is 0 Å². The molecule has 0 saturated carbocycles. The highest BCUT2D eigenvalue weighted by molar-refractivity contribution is 7.93. The number of rotatable bonds is 6. The molecule has 0 aliphatic heterocycles. The average molecular weight is 453 g/mol. The summed E-state index contributed by atoms with van der Waals surface area (Å²) < 4.78 is 54.6. The zero-order valence-corrected chi connectivity index (χ0v) is 17.8. The van der Waals surface area contributed by atoms with Crippen LogP contribution in [0, 0.1) is 13.8 Å². The maximum atomic E-state index is 12.5. The molecule has 0 aliphatic carbocycles. The third-order valence-electron chi connectivity index (χ3n) is 3.75. The number of benzene rings is 2. The van der Waals surface area contributed by atoms with Crippen LogP contribution >= 0.6 is 11.6 Å². The van der Waals surface area contributed by atoms with Crippen LogP contribution in [0.3, 0.4) is 0 Å². The first-order valence-corrected chi connectivity index (χ1v) is 11.6. The monoisotopic (exact) mass is 452 g/mol. The summed E-state index contributed by atoms with van der Waals surface area (Å²) >= 11 is 5.77. The van der Waals surface area contributed by atoms with E-state index >= 15 is 0 Å². The number of halogens is 1. The molecule has 0 aliphatic rings. The fourth-order valence-electron chi connectivity index (χ4n) is 2.48. The number of hydrogen-bond donors (Lipinski definition) is 2. The van der Waals surface area contributed by atoms with Gasteiger partial charge in [-0.15, -0.1) is 0 Å². The van der Waals surface area contributed by atoms with Crippen LogP contribution in [0.15, 0.2) is 64.4 Å². The molecule has 2 N–H and O–H groups in total. The molecule has 1 aromatic heterocycles. The van der Waals surface area contributed by atoms with E-state index in [0.717, 1.165) is 0 Å². The second-order valence-electron chi connectivity index (χ2n) is 6.16. The van der Waals surface area contributed by atoms with Crippen molar-refractivity contribution in [1.82, 2.24) is 9.97 Å². The van der Waals surface area contributed by atoms with Gasteiger partial charge in [0.1, 0.15) is 0 Å². The topological polar surface area (TPSA) is 118 Å². The van der Waals surface area contributed by atoms with Crippen molar-refractivity contribution in [2.45, 2.75) is 23.6 Å². The molecule has 0 unspecified atom stereocenters. The van der Waals surface area contributed by atoms with Crippen molar-refractivity contribution in [2.24, 2.45) is 0 Å². The zero-order chi connectivity index (χ0) is 21.2. The van der Waals surface area contributed by atoms with E-state index in [-0.39, 0.29) is 21.4 Å². The number of nitrogens with one attached hydrogen (secondary N) is 2. The molecule has 152 valence electrons. The highest BCUT2D eigenvalue weighted by Crippen LogP contribution is 2.21. The van der Waals surface area contributed by atoms with Crippen LogP contribution in [0.4, 0.5) is 11.6 Å². The minimum Gasteiger partial charge on any atom is -0.280 e. The molecule has 0 bridgehead atoms. The van der Waals surface area contributed by atoms with Crippen LogP contribution < -0.4 is 9.44 Å². The first-order chi connectivity index (χ1) is 13.5. The molecule has 0 atom stereocenters.